The number of H-pyrrole nitrogens is 1. The molecule has 2 atom stereocenters. The normalized spacial score (nSPS) is 20.8. The van der Waals surface area contributed by atoms with Crippen LogP contribution in [0.25, 0.3) is 5.69 Å². The Bertz CT molecular complexity index is 870. The molecule has 2 unspecified atom stereocenters. The molecule has 0 amide bonds. The van der Waals surface area contributed by atoms with Crippen LogP contribution in [0.1, 0.15) is 49.4 Å². The Balaban J connectivity index is 2.00. The lowest BCUT2D eigenvalue weighted by Crippen LogP contribution is -2.39. The Labute approximate surface area is 155 Å². The summed E-state index contributed by atoms with van der Waals surface area (Å²) in [6, 6.07) is 5.00. The van der Waals surface area contributed by atoms with Crippen molar-refractivity contribution in [3.05, 3.63) is 39.4 Å². The molecule has 9 heteroatoms. The summed E-state index contributed by atoms with van der Waals surface area (Å²) in [5, 5.41) is 16.6. The molecular weight excluding hydrogens is 362 g/mol. The minimum atomic E-state index is -1.09. The molecule has 25 heavy (non-hydrogen) atoms. The number of rotatable bonds is 3. The van der Waals surface area contributed by atoms with E-state index in [1.807, 2.05) is 0 Å². The van der Waals surface area contributed by atoms with Gasteiger partial charge in [0, 0.05) is 6.04 Å². The predicted molar refractivity (Wildman–Crippen MR) is 97.6 cm³/mol. The minimum absolute atomic E-state index is 0.0262. The van der Waals surface area contributed by atoms with Crippen molar-refractivity contribution in [3.8, 4) is 5.69 Å². The average molecular weight is 382 g/mol. The Morgan fingerprint density at radius 3 is 2.72 bits per heavy atom. The summed E-state index contributed by atoms with van der Waals surface area (Å²) in [6.45, 7) is 6.51. The second kappa shape index (κ2) is 6.53. The van der Waals surface area contributed by atoms with E-state index >= 15 is 0 Å². The van der Waals surface area contributed by atoms with Crippen LogP contribution >= 0.6 is 23.8 Å². The topological polar surface area (TPSA) is 95.0 Å². The van der Waals surface area contributed by atoms with Gasteiger partial charge in [-0.05, 0) is 42.3 Å². The molecule has 1 saturated heterocycles. The van der Waals surface area contributed by atoms with Crippen LogP contribution in [0.3, 0.4) is 0 Å². The molecule has 1 aliphatic rings. The van der Waals surface area contributed by atoms with Crippen molar-refractivity contribution in [3.63, 3.8) is 0 Å². The van der Waals surface area contributed by atoms with Gasteiger partial charge in [0.05, 0.1) is 22.3 Å². The summed E-state index contributed by atoms with van der Waals surface area (Å²) < 4.78 is 2.14. The number of aromatic amines is 1. The van der Waals surface area contributed by atoms with E-state index in [0.29, 0.717) is 16.3 Å². The molecule has 0 bridgehead atoms. The molecule has 2 heterocycles. The van der Waals surface area contributed by atoms with Crippen LogP contribution < -0.4 is 10.9 Å². The number of carboxylic acids is 1. The lowest BCUT2D eigenvalue weighted by molar-refractivity contribution is 0.0697. The van der Waals surface area contributed by atoms with Crippen molar-refractivity contribution in [2.45, 2.75) is 39.3 Å². The van der Waals surface area contributed by atoms with E-state index < -0.39 is 5.97 Å². The Morgan fingerprint density at radius 2 is 2.12 bits per heavy atom. The number of carbonyl (C=O) groups is 1. The van der Waals surface area contributed by atoms with Gasteiger partial charge in [0.25, 0.3) is 0 Å². The Kier molecular flexibility index (Phi) is 4.72. The first-order valence-corrected chi connectivity index (χ1v) is 8.68. The highest BCUT2D eigenvalue weighted by Crippen LogP contribution is 2.32. The molecule has 1 fully saturated rings. The first kappa shape index (κ1) is 18.1. The molecule has 1 aliphatic heterocycles. The van der Waals surface area contributed by atoms with Crippen LogP contribution in [0.2, 0.25) is 5.02 Å². The summed E-state index contributed by atoms with van der Waals surface area (Å²) in [5.41, 5.74) is 7.29. The highest BCUT2D eigenvalue weighted by molar-refractivity contribution is 7.71. The summed E-state index contributed by atoms with van der Waals surface area (Å²) in [4.78, 5) is 11.4. The van der Waals surface area contributed by atoms with Crippen LogP contribution in [-0.4, -0.2) is 31.9 Å². The molecule has 134 valence electrons. The van der Waals surface area contributed by atoms with Crippen molar-refractivity contribution >= 4 is 29.8 Å². The Morgan fingerprint density at radius 1 is 1.40 bits per heavy atom. The zero-order chi connectivity index (χ0) is 18.4. The molecule has 0 aliphatic carbocycles. The zero-order valence-electron chi connectivity index (χ0n) is 14.1. The molecule has 2 aromatic rings. The third-order valence-corrected chi connectivity index (χ3v) is 5.00. The lowest BCUT2D eigenvalue weighted by atomic mass is 9.84. The number of aromatic nitrogens is 3. The predicted octanol–water partition coefficient (Wildman–Crippen LogP) is 3.24. The second-order valence-electron chi connectivity index (χ2n) is 7.19. The number of nitrogens with one attached hydrogen (secondary N) is 3. The van der Waals surface area contributed by atoms with Gasteiger partial charge >= 0.3 is 5.97 Å². The van der Waals surface area contributed by atoms with Gasteiger partial charge in [-0.3, -0.25) is 15.1 Å². The van der Waals surface area contributed by atoms with E-state index in [4.69, 9.17) is 23.8 Å². The van der Waals surface area contributed by atoms with Crippen molar-refractivity contribution in [2.75, 3.05) is 0 Å². The molecular formula is C16H20ClN5O2S. The molecule has 0 saturated carbocycles. The van der Waals surface area contributed by atoms with E-state index in [-0.39, 0.29) is 28.1 Å². The fourth-order valence-electron chi connectivity index (χ4n) is 2.90. The van der Waals surface area contributed by atoms with Gasteiger partial charge in [0.15, 0.2) is 10.6 Å². The van der Waals surface area contributed by atoms with E-state index in [9.17, 15) is 9.90 Å². The zero-order valence-corrected chi connectivity index (χ0v) is 15.7. The van der Waals surface area contributed by atoms with Gasteiger partial charge in [-0.15, -0.1) is 0 Å². The second-order valence-corrected chi connectivity index (χ2v) is 7.98. The average Bonchev–Trinajstić information content (AvgIpc) is 3.14. The van der Waals surface area contributed by atoms with Gasteiger partial charge in [0.2, 0.25) is 0 Å². The molecule has 0 radical (unpaired) electrons. The molecule has 4 N–H and O–H groups in total. The monoisotopic (exact) mass is 381 g/mol. The third-order valence-electron chi connectivity index (χ3n) is 4.40. The first-order valence-electron chi connectivity index (χ1n) is 7.90. The van der Waals surface area contributed by atoms with Crippen LogP contribution in [0.4, 0.5) is 0 Å². The largest absolute Gasteiger partial charge is 0.478 e. The standard InChI is InChI=1S/C16H20ClN5O2S/c1-16(2,3)12-7-11(18-19-12)13-20-21-15(25)22(13)8-4-5-10(17)9(6-8)14(23)24/h4-6,11-12,18-19H,7H2,1-3H3,(H,21,25)(H,23,24). The van der Waals surface area contributed by atoms with E-state index in [1.165, 1.54) is 6.07 Å². The smallest absolute Gasteiger partial charge is 0.337 e. The van der Waals surface area contributed by atoms with Crippen LogP contribution in [0, 0.1) is 10.2 Å². The Hall–Kier alpha value is -1.74. The van der Waals surface area contributed by atoms with Gasteiger partial charge in [-0.2, -0.15) is 5.10 Å². The first-order chi connectivity index (χ1) is 11.7. The van der Waals surface area contributed by atoms with E-state index in [1.54, 1.807) is 16.7 Å². The van der Waals surface area contributed by atoms with E-state index in [2.05, 4.69) is 41.8 Å². The molecule has 1 aromatic heterocycles. The summed E-state index contributed by atoms with van der Waals surface area (Å²) >= 11 is 11.3. The third kappa shape index (κ3) is 3.48. The maximum Gasteiger partial charge on any atom is 0.337 e. The number of nitrogens with zero attached hydrogens (tertiary/aromatic N) is 2. The molecule has 1 aromatic carbocycles. The molecule has 3 rings (SSSR count). The van der Waals surface area contributed by atoms with Crippen molar-refractivity contribution in [1.82, 2.24) is 25.6 Å². The van der Waals surface area contributed by atoms with Gasteiger partial charge in [0.1, 0.15) is 0 Å². The lowest BCUT2D eigenvalue weighted by Gasteiger charge is -2.25. The number of hydrogen-bond acceptors (Lipinski definition) is 5. The summed E-state index contributed by atoms with van der Waals surface area (Å²) in [5.74, 6) is -0.389. The number of hydrazine groups is 1. The number of carboxylic acid groups (broad SMARTS) is 1. The van der Waals surface area contributed by atoms with Crippen LogP contribution in [-0.2, 0) is 0 Å². The highest BCUT2D eigenvalue weighted by atomic mass is 35.5. The van der Waals surface area contributed by atoms with Crippen molar-refractivity contribution in [1.29, 1.82) is 0 Å². The number of aromatic carboxylic acids is 1. The SMILES string of the molecule is CC(C)(C)C1CC(c2n[nH]c(=S)n2-c2ccc(Cl)c(C(=O)O)c2)NN1. The summed E-state index contributed by atoms with van der Waals surface area (Å²) in [7, 11) is 0. The fourth-order valence-corrected chi connectivity index (χ4v) is 3.35. The maximum absolute atomic E-state index is 11.4. The van der Waals surface area contributed by atoms with Gasteiger partial charge in [-0.25, -0.2) is 10.2 Å². The van der Waals surface area contributed by atoms with Crippen LogP contribution in [0.15, 0.2) is 18.2 Å². The number of halogens is 1. The minimum Gasteiger partial charge on any atom is -0.478 e. The van der Waals surface area contributed by atoms with E-state index in [0.717, 1.165) is 6.42 Å². The maximum atomic E-state index is 11.4. The number of hydrogen-bond donors (Lipinski definition) is 4. The van der Waals surface area contributed by atoms with Crippen molar-refractivity contribution in [2.24, 2.45) is 5.41 Å². The number of benzene rings is 1. The quantitative estimate of drug-likeness (QED) is 0.610. The fraction of sp³-hybridized carbons (Fsp3) is 0.438. The highest BCUT2D eigenvalue weighted by Gasteiger charge is 2.35. The molecule has 7 nitrogen and oxygen atoms in total. The van der Waals surface area contributed by atoms with Gasteiger partial charge in [-0.1, -0.05) is 32.4 Å². The van der Waals surface area contributed by atoms with Crippen molar-refractivity contribution < 1.29 is 9.90 Å². The van der Waals surface area contributed by atoms with Gasteiger partial charge < -0.3 is 5.11 Å². The van der Waals surface area contributed by atoms with Crippen LogP contribution in [0.5, 0.6) is 0 Å². The summed E-state index contributed by atoms with van der Waals surface area (Å²) in [6.07, 6.45) is 0.836. The molecule has 0 spiro atoms.